The molecule has 0 atom stereocenters. The lowest BCUT2D eigenvalue weighted by atomic mass is 9.52. The summed E-state index contributed by atoms with van der Waals surface area (Å²) in [6, 6.07) is 0.818. The van der Waals surface area contributed by atoms with E-state index < -0.39 is 10.8 Å². The highest BCUT2D eigenvalue weighted by atomic mass is 16.2. The van der Waals surface area contributed by atoms with E-state index in [9.17, 15) is 19.2 Å². The Labute approximate surface area is 189 Å². The monoisotopic (exact) mass is 442 g/mol. The molecule has 0 aromatic heterocycles. The van der Waals surface area contributed by atoms with E-state index in [0.717, 1.165) is 64.2 Å². The van der Waals surface area contributed by atoms with Crippen LogP contribution in [0, 0.1) is 10.8 Å². The molecule has 32 heavy (non-hydrogen) atoms. The van der Waals surface area contributed by atoms with E-state index in [4.69, 9.17) is 0 Å². The van der Waals surface area contributed by atoms with Crippen molar-refractivity contribution in [3.8, 4) is 0 Å². The molecule has 5 saturated carbocycles. The van der Waals surface area contributed by atoms with Crippen LogP contribution in [0.1, 0.15) is 64.2 Å². The topological polar surface area (TPSA) is 81.2 Å². The number of hydrogen-bond acceptors (Lipinski definition) is 4. The fraction of sp³-hybridized carbons (Fsp3) is 0.833. The Kier molecular flexibility index (Phi) is 4.60. The second-order valence-corrected chi connectivity index (χ2v) is 11.2. The van der Waals surface area contributed by atoms with Gasteiger partial charge in [0.2, 0.25) is 23.6 Å². The maximum absolute atomic E-state index is 13.5. The third kappa shape index (κ3) is 3.24. The smallest absolute Gasteiger partial charge is 0.242 e. The standard InChI is InChI=1S/C24H34N4O4/c29-19-15-25(11-13-27(19)17-1-2-17)21(31)23-5-8-24(9-6-23,10-7-23)22(32)26-12-14-28(18-3-4-18)20(30)16-26/h17-18H,1-16H2. The van der Waals surface area contributed by atoms with Crippen molar-refractivity contribution in [1.82, 2.24) is 19.6 Å². The van der Waals surface area contributed by atoms with E-state index in [1.165, 1.54) is 0 Å². The van der Waals surface area contributed by atoms with Crippen molar-refractivity contribution in [3.05, 3.63) is 0 Å². The fourth-order valence-corrected chi connectivity index (χ4v) is 6.76. The molecule has 5 aliphatic carbocycles. The highest BCUT2D eigenvalue weighted by Crippen LogP contribution is 2.58. The molecule has 0 aromatic rings. The van der Waals surface area contributed by atoms with E-state index in [-0.39, 0.29) is 36.7 Å². The average Bonchev–Trinajstić information content (AvgIpc) is 3.73. The number of carbonyl (C=O) groups excluding carboxylic acids is 4. The normalized spacial score (nSPS) is 35.5. The molecular weight excluding hydrogens is 408 g/mol. The van der Waals surface area contributed by atoms with Gasteiger partial charge in [-0.05, 0) is 64.2 Å². The summed E-state index contributed by atoms with van der Waals surface area (Å²) in [5.41, 5.74) is -0.797. The highest BCUT2D eigenvalue weighted by molar-refractivity contribution is 5.92. The lowest BCUT2D eigenvalue weighted by Gasteiger charge is -2.54. The molecule has 2 heterocycles. The third-order valence-corrected chi connectivity index (χ3v) is 9.22. The number of piperazine rings is 2. The average molecular weight is 443 g/mol. The fourth-order valence-electron chi connectivity index (χ4n) is 6.76. The number of amides is 4. The molecule has 2 saturated heterocycles. The highest BCUT2D eigenvalue weighted by Gasteiger charge is 2.58. The van der Waals surface area contributed by atoms with Crippen molar-refractivity contribution < 1.29 is 19.2 Å². The molecule has 2 aliphatic heterocycles. The summed E-state index contributed by atoms with van der Waals surface area (Å²) < 4.78 is 0. The first-order valence-electron chi connectivity index (χ1n) is 12.6. The lowest BCUT2D eigenvalue weighted by Crippen LogP contribution is -2.61. The molecule has 4 amide bonds. The van der Waals surface area contributed by atoms with Crippen molar-refractivity contribution >= 4 is 23.6 Å². The first-order valence-corrected chi connectivity index (χ1v) is 12.6. The van der Waals surface area contributed by atoms with Crippen LogP contribution in [0.25, 0.3) is 0 Å². The van der Waals surface area contributed by atoms with Gasteiger partial charge in [0.25, 0.3) is 0 Å². The first kappa shape index (κ1) is 20.5. The zero-order valence-corrected chi connectivity index (χ0v) is 18.9. The van der Waals surface area contributed by atoms with Crippen molar-refractivity contribution in [3.63, 3.8) is 0 Å². The Morgan fingerprint density at radius 2 is 0.938 bits per heavy atom. The molecule has 8 heteroatoms. The van der Waals surface area contributed by atoms with Gasteiger partial charge in [0.05, 0.1) is 13.1 Å². The molecular formula is C24H34N4O4. The Morgan fingerprint density at radius 3 is 1.22 bits per heavy atom. The molecule has 7 fully saturated rings. The Balaban J connectivity index is 1.08. The van der Waals surface area contributed by atoms with Crippen LogP contribution in [0.3, 0.4) is 0 Å². The summed E-state index contributed by atoms with van der Waals surface area (Å²) in [4.78, 5) is 59.6. The van der Waals surface area contributed by atoms with Gasteiger partial charge in [-0.15, -0.1) is 0 Å². The number of nitrogens with zero attached hydrogens (tertiary/aromatic N) is 4. The van der Waals surface area contributed by atoms with Gasteiger partial charge in [0, 0.05) is 49.1 Å². The molecule has 8 nitrogen and oxygen atoms in total. The summed E-state index contributed by atoms with van der Waals surface area (Å²) in [5.74, 6) is 0.454. The van der Waals surface area contributed by atoms with Crippen LogP contribution >= 0.6 is 0 Å². The first-order chi connectivity index (χ1) is 15.4. The van der Waals surface area contributed by atoms with Crippen LogP contribution < -0.4 is 0 Å². The third-order valence-electron chi connectivity index (χ3n) is 9.22. The maximum Gasteiger partial charge on any atom is 0.242 e. The lowest BCUT2D eigenvalue weighted by molar-refractivity contribution is -0.168. The minimum Gasteiger partial charge on any atom is -0.336 e. The summed E-state index contributed by atoms with van der Waals surface area (Å²) >= 11 is 0. The van der Waals surface area contributed by atoms with Crippen LogP contribution in [0.2, 0.25) is 0 Å². The van der Waals surface area contributed by atoms with Gasteiger partial charge in [0.15, 0.2) is 0 Å². The molecule has 7 aliphatic rings. The van der Waals surface area contributed by atoms with Crippen LogP contribution in [-0.4, -0.2) is 94.6 Å². The van der Waals surface area contributed by atoms with E-state index >= 15 is 0 Å². The van der Waals surface area contributed by atoms with Gasteiger partial charge in [-0.3, -0.25) is 19.2 Å². The van der Waals surface area contributed by atoms with Gasteiger partial charge in [0.1, 0.15) is 0 Å². The second kappa shape index (κ2) is 7.19. The molecule has 0 unspecified atom stereocenters. The van der Waals surface area contributed by atoms with Crippen molar-refractivity contribution in [2.45, 2.75) is 76.3 Å². The van der Waals surface area contributed by atoms with E-state index in [0.29, 0.717) is 38.3 Å². The Hall–Kier alpha value is -2.12. The number of fused-ring (bicyclic) bond motifs is 3. The number of rotatable bonds is 4. The maximum atomic E-state index is 13.5. The summed E-state index contributed by atoms with van der Waals surface area (Å²) in [6.07, 6.45) is 8.75. The van der Waals surface area contributed by atoms with Crippen LogP contribution in [0.4, 0.5) is 0 Å². The number of carbonyl (C=O) groups is 4. The molecule has 0 radical (unpaired) electrons. The van der Waals surface area contributed by atoms with Crippen molar-refractivity contribution in [2.24, 2.45) is 10.8 Å². The summed E-state index contributed by atoms with van der Waals surface area (Å²) in [6.45, 7) is 3.03. The molecule has 0 aromatic carbocycles. The van der Waals surface area contributed by atoms with Gasteiger partial charge < -0.3 is 19.6 Å². The van der Waals surface area contributed by atoms with Crippen LogP contribution in [0.15, 0.2) is 0 Å². The second-order valence-electron chi connectivity index (χ2n) is 11.2. The molecule has 0 spiro atoms. The molecule has 174 valence electrons. The summed E-state index contributed by atoms with van der Waals surface area (Å²) in [7, 11) is 0. The number of hydrogen-bond donors (Lipinski definition) is 0. The van der Waals surface area contributed by atoms with Crippen LogP contribution in [-0.2, 0) is 19.2 Å². The van der Waals surface area contributed by atoms with E-state index in [2.05, 4.69) is 0 Å². The molecule has 2 bridgehead atoms. The van der Waals surface area contributed by atoms with Crippen molar-refractivity contribution in [2.75, 3.05) is 39.3 Å². The van der Waals surface area contributed by atoms with Gasteiger partial charge in [-0.1, -0.05) is 0 Å². The van der Waals surface area contributed by atoms with E-state index in [1.54, 1.807) is 9.80 Å². The van der Waals surface area contributed by atoms with Crippen LogP contribution in [0.5, 0.6) is 0 Å². The quantitative estimate of drug-likeness (QED) is 0.650. The minimum atomic E-state index is -0.398. The summed E-state index contributed by atoms with van der Waals surface area (Å²) in [5, 5.41) is 0. The predicted octanol–water partition coefficient (Wildman–Crippen LogP) is 0.993. The van der Waals surface area contributed by atoms with Crippen molar-refractivity contribution in [1.29, 1.82) is 0 Å². The zero-order chi connectivity index (χ0) is 22.1. The minimum absolute atomic E-state index is 0.0923. The van der Waals surface area contributed by atoms with E-state index in [1.807, 2.05) is 9.80 Å². The SMILES string of the molecule is O=C1CN(C(=O)C23CCC(C(=O)N4CCN(C5CC5)C(=O)C4)(CC2)CC3)CCN1C1CC1. The largest absolute Gasteiger partial charge is 0.336 e. The molecule has 7 rings (SSSR count). The Bertz CT molecular complexity index is 770. The van der Waals surface area contributed by atoms with Gasteiger partial charge >= 0.3 is 0 Å². The Morgan fingerprint density at radius 1 is 0.594 bits per heavy atom. The zero-order valence-electron chi connectivity index (χ0n) is 18.9. The predicted molar refractivity (Wildman–Crippen MR) is 115 cm³/mol. The van der Waals surface area contributed by atoms with Gasteiger partial charge in [-0.2, -0.15) is 0 Å². The van der Waals surface area contributed by atoms with Gasteiger partial charge in [-0.25, -0.2) is 0 Å². The molecule has 0 N–H and O–H groups in total.